The number of rotatable bonds is 8. The van der Waals surface area contributed by atoms with Gasteiger partial charge in [0, 0.05) is 23.4 Å². The van der Waals surface area contributed by atoms with E-state index < -0.39 is 24.6 Å². The first-order chi connectivity index (χ1) is 11.5. The van der Waals surface area contributed by atoms with Crippen molar-refractivity contribution in [2.45, 2.75) is 25.3 Å². The molecule has 0 aliphatic carbocycles. The van der Waals surface area contributed by atoms with Gasteiger partial charge in [0.25, 0.3) is 0 Å². The quantitative estimate of drug-likeness (QED) is 0.752. The Labute approximate surface area is 141 Å². The minimum absolute atomic E-state index is 0.0302. The molecule has 1 aromatic heterocycles. The maximum atomic E-state index is 12.4. The van der Waals surface area contributed by atoms with Crippen LogP contribution in [0, 0.1) is 0 Å². The van der Waals surface area contributed by atoms with Crippen molar-refractivity contribution < 1.29 is 23.6 Å². The van der Waals surface area contributed by atoms with E-state index in [9.17, 15) is 14.0 Å². The summed E-state index contributed by atoms with van der Waals surface area (Å²) in [6.07, 6.45) is 0.747. The summed E-state index contributed by atoms with van der Waals surface area (Å²) in [6.45, 7) is -1.16. The number of nitrogens with one attached hydrogen (secondary N) is 1. The van der Waals surface area contributed by atoms with Gasteiger partial charge >= 0.3 is 5.97 Å². The molecule has 1 aromatic carbocycles. The van der Waals surface area contributed by atoms with Gasteiger partial charge in [0.15, 0.2) is 6.04 Å². The lowest BCUT2D eigenvalue weighted by Gasteiger charge is -2.09. The van der Waals surface area contributed by atoms with E-state index in [1.54, 1.807) is 24.3 Å². The van der Waals surface area contributed by atoms with E-state index in [1.165, 1.54) is 0 Å². The van der Waals surface area contributed by atoms with Crippen LogP contribution in [0.25, 0.3) is 11.4 Å². The SMILES string of the molecule is O=C(CCCc1nc(-c2ccc(Cl)cc2)no1)NC(CF)C(=O)O. The molecule has 1 unspecified atom stereocenters. The Morgan fingerprint density at radius 1 is 1.33 bits per heavy atom. The number of amides is 1. The summed E-state index contributed by atoms with van der Waals surface area (Å²) in [5.41, 5.74) is 0.749. The van der Waals surface area contributed by atoms with Crippen LogP contribution in [0.1, 0.15) is 18.7 Å². The second-order valence-corrected chi connectivity index (χ2v) is 5.42. The van der Waals surface area contributed by atoms with Gasteiger partial charge in [0.1, 0.15) is 6.67 Å². The Kier molecular flexibility index (Phi) is 6.25. The molecule has 1 amide bonds. The Bertz CT molecular complexity index is 705. The van der Waals surface area contributed by atoms with Gasteiger partial charge in [-0.25, -0.2) is 9.18 Å². The number of carboxylic acid groups (broad SMARTS) is 1. The van der Waals surface area contributed by atoms with Crippen molar-refractivity contribution in [1.29, 1.82) is 0 Å². The largest absolute Gasteiger partial charge is 0.480 e. The lowest BCUT2D eigenvalue weighted by Crippen LogP contribution is -2.42. The average molecular weight is 356 g/mol. The minimum Gasteiger partial charge on any atom is -0.480 e. The predicted molar refractivity (Wildman–Crippen MR) is 83.2 cm³/mol. The van der Waals surface area contributed by atoms with Crippen molar-refractivity contribution in [2.24, 2.45) is 0 Å². The zero-order valence-corrected chi connectivity index (χ0v) is 13.3. The summed E-state index contributed by atoms with van der Waals surface area (Å²) < 4.78 is 17.5. The van der Waals surface area contributed by atoms with Crippen molar-refractivity contribution in [3.05, 3.63) is 35.2 Å². The summed E-state index contributed by atoms with van der Waals surface area (Å²) in [4.78, 5) is 26.4. The monoisotopic (exact) mass is 355 g/mol. The molecule has 1 heterocycles. The Morgan fingerprint density at radius 2 is 2.04 bits per heavy atom. The molecule has 2 N–H and O–H groups in total. The van der Waals surface area contributed by atoms with Crippen molar-refractivity contribution in [3.8, 4) is 11.4 Å². The van der Waals surface area contributed by atoms with Crippen LogP contribution in [-0.4, -0.2) is 39.8 Å². The molecule has 1 atom stereocenters. The van der Waals surface area contributed by atoms with Crippen LogP contribution in [0.15, 0.2) is 28.8 Å². The minimum atomic E-state index is -1.52. The number of alkyl halides is 1. The fraction of sp³-hybridized carbons (Fsp3) is 0.333. The highest BCUT2D eigenvalue weighted by Gasteiger charge is 2.19. The highest BCUT2D eigenvalue weighted by atomic mass is 35.5. The third-order valence-electron chi connectivity index (χ3n) is 3.15. The summed E-state index contributed by atoms with van der Waals surface area (Å²) in [7, 11) is 0. The molecule has 7 nitrogen and oxygen atoms in total. The summed E-state index contributed by atoms with van der Waals surface area (Å²) in [5, 5.41) is 15.2. The second kappa shape index (κ2) is 8.39. The maximum Gasteiger partial charge on any atom is 0.328 e. The van der Waals surface area contributed by atoms with Gasteiger partial charge in [-0.2, -0.15) is 4.98 Å². The molecule has 2 aromatic rings. The molecule has 24 heavy (non-hydrogen) atoms. The number of halogens is 2. The molecule has 128 valence electrons. The zero-order chi connectivity index (χ0) is 17.5. The van der Waals surface area contributed by atoms with E-state index in [0.29, 0.717) is 29.6 Å². The average Bonchev–Trinajstić information content (AvgIpc) is 3.02. The second-order valence-electron chi connectivity index (χ2n) is 4.98. The van der Waals surface area contributed by atoms with Crippen LogP contribution in [-0.2, 0) is 16.0 Å². The van der Waals surface area contributed by atoms with Gasteiger partial charge < -0.3 is 14.9 Å². The molecule has 0 bridgehead atoms. The Hall–Kier alpha value is -2.48. The lowest BCUT2D eigenvalue weighted by molar-refractivity contribution is -0.142. The van der Waals surface area contributed by atoms with Crippen molar-refractivity contribution in [3.63, 3.8) is 0 Å². The smallest absolute Gasteiger partial charge is 0.328 e. The number of benzene rings is 1. The van der Waals surface area contributed by atoms with Gasteiger partial charge in [-0.05, 0) is 30.7 Å². The van der Waals surface area contributed by atoms with Gasteiger partial charge in [0.2, 0.25) is 17.6 Å². The van der Waals surface area contributed by atoms with Crippen molar-refractivity contribution in [2.75, 3.05) is 6.67 Å². The molecule has 0 aliphatic rings. The van der Waals surface area contributed by atoms with Crippen LogP contribution in [0.4, 0.5) is 4.39 Å². The third-order valence-corrected chi connectivity index (χ3v) is 3.40. The Balaban J connectivity index is 1.82. The van der Waals surface area contributed by atoms with Gasteiger partial charge in [-0.3, -0.25) is 4.79 Å². The van der Waals surface area contributed by atoms with Crippen LogP contribution in [0.5, 0.6) is 0 Å². The van der Waals surface area contributed by atoms with E-state index in [2.05, 4.69) is 15.5 Å². The normalized spacial score (nSPS) is 11.9. The molecule has 9 heteroatoms. The van der Waals surface area contributed by atoms with Gasteiger partial charge in [-0.1, -0.05) is 16.8 Å². The summed E-state index contributed by atoms with van der Waals surface area (Å²) in [5.74, 6) is -1.18. The first-order valence-corrected chi connectivity index (χ1v) is 7.54. The van der Waals surface area contributed by atoms with Crippen LogP contribution in [0.2, 0.25) is 5.02 Å². The highest BCUT2D eigenvalue weighted by molar-refractivity contribution is 6.30. The van der Waals surface area contributed by atoms with E-state index in [0.717, 1.165) is 5.56 Å². The molecule has 0 saturated carbocycles. The first kappa shape index (κ1) is 17.9. The third kappa shape index (κ3) is 5.02. The number of carboxylic acids is 1. The summed E-state index contributed by atoms with van der Waals surface area (Å²) >= 11 is 5.81. The molecule has 2 rings (SSSR count). The zero-order valence-electron chi connectivity index (χ0n) is 12.5. The highest BCUT2D eigenvalue weighted by Crippen LogP contribution is 2.19. The number of nitrogens with zero attached hydrogens (tertiary/aromatic N) is 2. The van der Waals surface area contributed by atoms with E-state index in [1.807, 2.05) is 0 Å². The summed E-state index contributed by atoms with van der Waals surface area (Å²) in [6, 6.07) is 5.42. The number of hydrogen-bond donors (Lipinski definition) is 2. The fourth-order valence-corrected chi connectivity index (χ4v) is 2.03. The first-order valence-electron chi connectivity index (χ1n) is 7.16. The van der Waals surface area contributed by atoms with Crippen molar-refractivity contribution in [1.82, 2.24) is 15.5 Å². The predicted octanol–water partition coefficient (Wildman–Crippen LogP) is 2.25. The molecular formula is C15H15ClFN3O4. The number of aromatic nitrogens is 2. The van der Waals surface area contributed by atoms with E-state index in [-0.39, 0.29) is 6.42 Å². The lowest BCUT2D eigenvalue weighted by atomic mass is 10.2. The Morgan fingerprint density at radius 3 is 2.67 bits per heavy atom. The number of carbonyl (C=O) groups is 2. The molecular weight excluding hydrogens is 341 g/mol. The number of carbonyl (C=O) groups excluding carboxylic acids is 1. The van der Waals surface area contributed by atoms with Crippen LogP contribution >= 0.6 is 11.6 Å². The van der Waals surface area contributed by atoms with Crippen LogP contribution in [0.3, 0.4) is 0 Å². The van der Waals surface area contributed by atoms with Crippen LogP contribution < -0.4 is 5.32 Å². The molecule has 0 aliphatic heterocycles. The molecule has 0 saturated heterocycles. The maximum absolute atomic E-state index is 12.4. The number of hydrogen-bond acceptors (Lipinski definition) is 5. The molecule has 0 radical (unpaired) electrons. The van der Waals surface area contributed by atoms with E-state index >= 15 is 0 Å². The van der Waals surface area contributed by atoms with Gasteiger partial charge in [0.05, 0.1) is 0 Å². The molecule has 0 spiro atoms. The molecule has 0 fully saturated rings. The van der Waals surface area contributed by atoms with E-state index in [4.69, 9.17) is 21.2 Å². The van der Waals surface area contributed by atoms with Crippen molar-refractivity contribution >= 4 is 23.5 Å². The van der Waals surface area contributed by atoms with Gasteiger partial charge in [-0.15, -0.1) is 0 Å². The number of aliphatic carboxylic acids is 1. The number of aryl methyl sites for hydroxylation is 1. The fourth-order valence-electron chi connectivity index (χ4n) is 1.91. The standard InChI is InChI=1S/C15H15ClFN3O4/c16-10-6-4-9(5-7-10)14-19-13(24-20-14)3-1-2-12(21)18-11(8-17)15(22)23/h4-7,11H,1-3,8H2,(H,18,21)(H,22,23). The topological polar surface area (TPSA) is 105 Å².